The van der Waals surface area contributed by atoms with Gasteiger partial charge in [-0.2, -0.15) is 0 Å². The van der Waals surface area contributed by atoms with E-state index in [0.29, 0.717) is 0 Å². The molecule has 0 saturated carbocycles. The Hall–Kier alpha value is -2.10. The van der Waals surface area contributed by atoms with Gasteiger partial charge in [0, 0.05) is 16.8 Å². The Kier molecular flexibility index (Phi) is 3.69. The monoisotopic (exact) mass is 257 g/mol. The smallest absolute Gasteiger partial charge is 0.240 e. The van der Waals surface area contributed by atoms with E-state index in [4.69, 9.17) is 5.73 Å². The Morgan fingerprint density at radius 1 is 1.32 bits per heavy atom. The van der Waals surface area contributed by atoms with Crippen molar-refractivity contribution < 1.29 is 4.79 Å². The second-order valence-electron chi connectivity index (χ2n) is 5.10. The Labute approximate surface area is 113 Å². The van der Waals surface area contributed by atoms with Gasteiger partial charge in [0.1, 0.15) is 6.04 Å². The first-order valence-corrected chi connectivity index (χ1v) is 6.41. The number of nitrogens with zero attached hydrogens (tertiary/aromatic N) is 1. The number of primary amides is 1. The summed E-state index contributed by atoms with van der Waals surface area (Å²) in [6.07, 6.45) is 0. The predicted molar refractivity (Wildman–Crippen MR) is 77.9 cm³/mol. The van der Waals surface area contributed by atoms with Crippen LogP contribution in [0.4, 0.5) is 5.69 Å². The van der Waals surface area contributed by atoms with E-state index in [2.05, 4.69) is 10.3 Å². The lowest BCUT2D eigenvalue weighted by Crippen LogP contribution is -2.39. The Morgan fingerprint density at radius 2 is 2.00 bits per heavy atom. The summed E-state index contributed by atoms with van der Waals surface area (Å²) in [6, 6.07) is 9.42. The molecular weight excluding hydrogens is 238 g/mol. The lowest BCUT2D eigenvalue weighted by Gasteiger charge is -2.21. The first kappa shape index (κ1) is 13.3. The molecule has 4 heteroatoms. The second-order valence-corrected chi connectivity index (χ2v) is 5.10. The normalized spacial score (nSPS) is 12.6. The number of aryl methyl sites for hydroxylation is 1. The molecule has 1 atom stereocenters. The third-order valence-electron chi connectivity index (χ3n) is 3.13. The number of rotatable bonds is 4. The van der Waals surface area contributed by atoms with Gasteiger partial charge in [0.15, 0.2) is 0 Å². The molecule has 19 heavy (non-hydrogen) atoms. The van der Waals surface area contributed by atoms with Crippen molar-refractivity contribution in [1.29, 1.82) is 0 Å². The average Bonchev–Trinajstić information content (AvgIpc) is 2.34. The maximum absolute atomic E-state index is 11.5. The molecule has 0 fully saturated rings. The van der Waals surface area contributed by atoms with Crippen LogP contribution in [0.1, 0.15) is 19.5 Å². The van der Waals surface area contributed by atoms with E-state index in [1.807, 2.05) is 51.1 Å². The Balaban J connectivity index is 2.47. The summed E-state index contributed by atoms with van der Waals surface area (Å²) >= 11 is 0. The minimum Gasteiger partial charge on any atom is -0.373 e. The zero-order valence-electron chi connectivity index (χ0n) is 11.5. The van der Waals surface area contributed by atoms with Crippen molar-refractivity contribution in [3.8, 4) is 0 Å². The summed E-state index contributed by atoms with van der Waals surface area (Å²) in [5, 5.41) is 4.25. The maximum atomic E-state index is 11.5. The Morgan fingerprint density at radius 3 is 2.63 bits per heavy atom. The fourth-order valence-corrected chi connectivity index (χ4v) is 2.16. The number of hydrogen-bond donors (Lipinski definition) is 2. The third-order valence-corrected chi connectivity index (χ3v) is 3.13. The quantitative estimate of drug-likeness (QED) is 0.884. The highest BCUT2D eigenvalue weighted by atomic mass is 16.1. The molecule has 100 valence electrons. The van der Waals surface area contributed by atoms with Gasteiger partial charge in [0.25, 0.3) is 0 Å². The lowest BCUT2D eigenvalue weighted by atomic mass is 10.0. The van der Waals surface area contributed by atoms with Crippen molar-refractivity contribution in [1.82, 2.24) is 4.98 Å². The van der Waals surface area contributed by atoms with E-state index >= 15 is 0 Å². The van der Waals surface area contributed by atoms with Crippen LogP contribution >= 0.6 is 0 Å². The van der Waals surface area contributed by atoms with Crippen molar-refractivity contribution in [2.75, 3.05) is 5.32 Å². The molecule has 0 aliphatic heterocycles. The number of amides is 1. The van der Waals surface area contributed by atoms with E-state index < -0.39 is 0 Å². The number of hydrogen-bond acceptors (Lipinski definition) is 3. The van der Waals surface area contributed by atoms with E-state index in [9.17, 15) is 4.79 Å². The number of nitrogens with one attached hydrogen (secondary N) is 1. The number of benzene rings is 1. The number of nitrogens with two attached hydrogens (primary N) is 1. The molecule has 0 aliphatic carbocycles. The maximum Gasteiger partial charge on any atom is 0.240 e. The van der Waals surface area contributed by atoms with E-state index in [1.54, 1.807) is 0 Å². The summed E-state index contributed by atoms with van der Waals surface area (Å²) in [4.78, 5) is 16.0. The Bertz CT molecular complexity index is 607. The zero-order valence-corrected chi connectivity index (χ0v) is 11.5. The van der Waals surface area contributed by atoms with E-state index in [0.717, 1.165) is 22.3 Å². The number of pyridine rings is 1. The van der Waals surface area contributed by atoms with Crippen LogP contribution in [-0.4, -0.2) is 16.9 Å². The van der Waals surface area contributed by atoms with Crippen molar-refractivity contribution in [2.45, 2.75) is 26.8 Å². The minimum atomic E-state index is -0.384. The number of anilines is 1. The average molecular weight is 257 g/mol. The summed E-state index contributed by atoms with van der Waals surface area (Å²) in [5.74, 6) is -0.210. The van der Waals surface area contributed by atoms with Crippen LogP contribution in [0, 0.1) is 12.8 Å². The molecule has 0 spiro atoms. The van der Waals surface area contributed by atoms with E-state index in [1.165, 1.54) is 0 Å². The van der Waals surface area contributed by atoms with Crippen LogP contribution in [0.15, 0.2) is 30.3 Å². The highest BCUT2D eigenvalue weighted by molar-refractivity contribution is 5.94. The molecule has 1 aromatic heterocycles. The lowest BCUT2D eigenvalue weighted by molar-refractivity contribution is -0.119. The second kappa shape index (κ2) is 5.26. The molecule has 2 aromatic rings. The van der Waals surface area contributed by atoms with Crippen molar-refractivity contribution in [2.24, 2.45) is 11.7 Å². The number of carbonyl (C=O) groups excluding carboxylic acids is 1. The fraction of sp³-hybridized carbons (Fsp3) is 0.333. The molecule has 3 N–H and O–H groups in total. The summed E-state index contributed by atoms with van der Waals surface area (Å²) < 4.78 is 0. The molecule has 0 bridgehead atoms. The van der Waals surface area contributed by atoms with Gasteiger partial charge in [0.2, 0.25) is 5.91 Å². The van der Waals surface area contributed by atoms with Gasteiger partial charge in [-0.25, -0.2) is 0 Å². The summed E-state index contributed by atoms with van der Waals surface area (Å²) in [7, 11) is 0. The largest absolute Gasteiger partial charge is 0.373 e. The minimum absolute atomic E-state index is 0.129. The molecule has 1 amide bonds. The van der Waals surface area contributed by atoms with Crippen LogP contribution in [-0.2, 0) is 4.79 Å². The summed E-state index contributed by atoms with van der Waals surface area (Å²) in [5.41, 5.74) is 8.18. The van der Waals surface area contributed by atoms with Crippen LogP contribution in [0.3, 0.4) is 0 Å². The van der Waals surface area contributed by atoms with Crippen LogP contribution in [0.5, 0.6) is 0 Å². The van der Waals surface area contributed by atoms with E-state index in [-0.39, 0.29) is 17.9 Å². The summed E-state index contributed by atoms with van der Waals surface area (Å²) in [6.45, 7) is 5.88. The number of carbonyl (C=O) groups is 1. The van der Waals surface area contributed by atoms with Gasteiger partial charge in [-0.1, -0.05) is 32.0 Å². The molecule has 4 nitrogen and oxygen atoms in total. The standard InChI is InChI=1S/C15H19N3O/c1-9(2)14(15(16)19)18-13-8-10(3)17-12-7-5-4-6-11(12)13/h4-9,14H,1-3H3,(H2,16,19)(H,17,18). The number of para-hydroxylation sites is 1. The highest BCUT2D eigenvalue weighted by Gasteiger charge is 2.20. The van der Waals surface area contributed by atoms with Crippen molar-refractivity contribution in [3.63, 3.8) is 0 Å². The highest BCUT2D eigenvalue weighted by Crippen LogP contribution is 2.24. The number of aromatic nitrogens is 1. The molecule has 0 radical (unpaired) electrons. The SMILES string of the molecule is Cc1cc(NC(C(N)=O)C(C)C)c2ccccc2n1. The van der Waals surface area contributed by atoms with Crippen LogP contribution in [0.2, 0.25) is 0 Å². The fourth-order valence-electron chi connectivity index (χ4n) is 2.16. The molecule has 0 saturated heterocycles. The van der Waals surface area contributed by atoms with Gasteiger partial charge in [-0.05, 0) is 25.0 Å². The number of fused-ring (bicyclic) bond motifs is 1. The van der Waals surface area contributed by atoms with Gasteiger partial charge in [-0.3, -0.25) is 9.78 Å². The topological polar surface area (TPSA) is 68.0 Å². The molecular formula is C15H19N3O. The predicted octanol–water partition coefficient (Wildman–Crippen LogP) is 2.47. The van der Waals surface area contributed by atoms with Gasteiger partial charge >= 0.3 is 0 Å². The van der Waals surface area contributed by atoms with Crippen molar-refractivity contribution in [3.05, 3.63) is 36.0 Å². The van der Waals surface area contributed by atoms with Gasteiger partial charge < -0.3 is 11.1 Å². The van der Waals surface area contributed by atoms with Crippen LogP contribution in [0.25, 0.3) is 10.9 Å². The van der Waals surface area contributed by atoms with Gasteiger partial charge in [0.05, 0.1) is 5.52 Å². The van der Waals surface area contributed by atoms with Gasteiger partial charge in [-0.15, -0.1) is 0 Å². The van der Waals surface area contributed by atoms with Crippen molar-refractivity contribution >= 4 is 22.5 Å². The zero-order chi connectivity index (χ0) is 14.0. The molecule has 0 aliphatic rings. The molecule has 1 heterocycles. The first-order valence-electron chi connectivity index (χ1n) is 6.41. The molecule has 1 unspecified atom stereocenters. The van der Waals surface area contributed by atoms with Crippen LogP contribution < -0.4 is 11.1 Å². The third kappa shape index (κ3) is 2.84. The first-order chi connectivity index (χ1) is 8.99. The molecule has 2 rings (SSSR count). The molecule has 1 aromatic carbocycles.